The van der Waals surface area contributed by atoms with Gasteiger partial charge in [0.15, 0.2) is 0 Å². The average molecular weight is 270 g/mol. The van der Waals surface area contributed by atoms with Crippen LogP contribution in [0.5, 0.6) is 0 Å². The molecule has 1 fully saturated rings. The van der Waals surface area contributed by atoms with Crippen LogP contribution in [0.2, 0.25) is 0 Å². The highest BCUT2D eigenvalue weighted by Gasteiger charge is 2.21. The maximum absolute atomic E-state index is 12.1. The fourth-order valence-corrected chi connectivity index (χ4v) is 2.65. The van der Waals surface area contributed by atoms with Gasteiger partial charge < -0.3 is 15.0 Å². The topological polar surface area (TPSA) is 41.6 Å². The van der Waals surface area contributed by atoms with Crippen molar-refractivity contribution in [1.29, 1.82) is 0 Å². The van der Waals surface area contributed by atoms with Crippen LogP contribution in [0.4, 0.5) is 0 Å². The van der Waals surface area contributed by atoms with Gasteiger partial charge in [-0.1, -0.05) is 13.8 Å². The van der Waals surface area contributed by atoms with E-state index < -0.39 is 0 Å². The molecule has 0 aromatic rings. The lowest BCUT2D eigenvalue weighted by Gasteiger charge is -2.31. The minimum absolute atomic E-state index is 0.212. The van der Waals surface area contributed by atoms with Crippen LogP contribution < -0.4 is 5.32 Å². The molecule has 0 aromatic heterocycles. The number of ether oxygens (including phenoxy) is 1. The van der Waals surface area contributed by atoms with E-state index >= 15 is 0 Å². The Morgan fingerprint density at radius 2 is 1.95 bits per heavy atom. The Labute approximate surface area is 117 Å². The lowest BCUT2D eigenvalue weighted by atomic mass is 10.1. The first-order valence-corrected chi connectivity index (χ1v) is 7.58. The predicted octanol–water partition coefficient (Wildman–Crippen LogP) is 2.04. The van der Waals surface area contributed by atoms with E-state index in [0.717, 1.165) is 32.4 Å². The summed E-state index contributed by atoms with van der Waals surface area (Å²) in [6, 6.07) is 0.404. The Morgan fingerprint density at radius 3 is 2.53 bits per heavy atom. The maximum Gasteiger partial charge on any atom is 0.224 e. The second-order valence-electron chi connectivity index (χ2n) is 6.05. The second-order valence-corrected chi connectivity index (χ2v) is 6.05. The quantitative estimate of drug-likeness (QED) is 0.770. The molecule has 0 bridgehead atoms. The fraction of sp³-hybridized carbons (Fsp3) is 0.933. The van der Waals surface area contributed by atoms with Crippen molar-refractivity contribution in [3.8, 4) is 0 Å². The van der Waals surface area contributed by atoms with Crippen molar-refractivity contribution in [2.24, 2.45) is 5.92 Å². The summed E-state index contributed by atoms with van der Waals surface area (Å²) in [5, 5.41) is 3.32. The summed E-state index contributed by atoms with van der Waals surface area (Å²) >= 11 is 0. The number of carbonyl (C=O) groups excluding carboxylic acids is 1. The van der Waals surface area contributed by atoms with E-state index in [2.05, 4.69) is 26.1 Å². The number of hydrogen-bond acceptors (Lipinski definition) is 3. The zero-order valence-electron chi connectivity index (χ0n) is 12.9. The maximum atomic E-state index is 12.1. The van der Waals surface area contributed by atoms with Crippen molar-refractivity contribution < 1.29 is 9.53 Å². The van der Waals surface area contributed by atoms with Crippen molar-refractivity contribution in [1.82, 2.24) is 10.2 Å². The van der Waals surface area contributed by atoms with E-state index in [1.54, 1.807) is 0 Å². The molecule has 1 saturated heterocycles. The Bertz CT molecular complexity index is 263. The van der Waals surface area contributed by atoms with Crippen molar-refractivity contribution in [2.75, 3.05) is 26.7 Å². The summed E-state index contributed by atoms with van der Waals surface area (Å²) in [5.41, 5.74) is 0. The third-order valence-electron chi connectivity index (χ3n) is 3.77. The molecule has 1 amide bonds. The molecule has 1 atom stereocenters. The van der Waals surface area contributed by atoms with E-state index in [-0.39, 0.29) is 12.0 Å². The molecule has 1 N–H and O–H groups in total. The van der Waals surface area contributed by atoms with E-state index in [1.807, 2.05) is 11.9 Å². The molecule has 0 saturated carbocycles. The minimum atomic E-state index is 0.212. The number of rotatable bonds is 7. The van der Waals surface area contributed by atoms with Gasteiger partial charge in [0.25, 0.3) is 0 Å². The number of hydrogen-bond donors (Lipinski definition) is 1. The average Bonchev–Trinajstić information content (AvgIpc) is 2.37. The monoisotopic (exact) mass is 270 g/mol. The molecule has 0 spiro atoms. The zero-order valence-corrected chi connectivity index (χ0v) is 12.9. The van der Waals surface area contributed by atoms with Gasteiger partial charge in [-0.05, 0) is 45.2 Å². The van der Waals surface area contributed by atoms with Gasteiger partial charge in [-0.15, -0.1) is 0 Å². The van der Waals surface area contributed by atoms with Crippen LogP contribution in [0.3, 0.4) is 0 Å². The Hall–Kier alpha value is -0.610. The summed E-state index contributed by atoms with van der Waals surface area (Å²) in [7, 11) is 1.93. The van der Waals surface area contributed by atoms with Crippen LogP contribution >= 0.6 is 0 Å². The summed E-state index contributed by atoms with van der Waals surface area (Å²) in [6.07, 6.45) is 3.93. The smallest absolute Gasteiger partial charge is 0.224 e. The van der Waals surface area contributed by atoms with Gasteiger partial charge in [0.1, 0.15) is 0 Å². The molecule has 19 heavy (non-hydrogen) atoms. The van der Waals surface area contributed by atoms with E-state index in [4.69, 9.17) is 4.74 Å². The molecule has 112 valence electrons. The molecular formula is C15H30N2O2. The van der Waals surface area contributed by atoms with Gasteiger partial charge in [-0.2, -0.15) is 0 Å². The van der Waals surface area contributed by atoms with Crippen molar-refractivity contribution in [3.05, 3.63) is 0 Å². The van der Waals surface area contributed by atoms with Crippen molar-refractivity contribution >= 4 is 5.91 Å². The van der Waals surface area contributed by atoms with Crippen LogP contribution in [0, 0.1) is 5.92 Å². The SMILES string of the molecule is CC(C)CC(C)OCCC(=O)N(C)C1CCNCC1. The van der Waals surface area contributed by atoms with E-state index in [1.165, 1.54) is 0 Å². The molecule has 0 radical (unpaired) electrons. The molecule has 1 unspecified atom stereocenters. The third-order valence-corrected chi connectivity index (χ3v) is 3.77. The largest absolute Gasteiger partial charge is 0.378 e. The van der Waals surface area contributed by atoms with Gasteiger partial charge in [-0.3, -0.25) is 4.79 Å². The third kappa shape index (κ3) is 6.39. The van der Waals surface area contributed by atoms with E-state index in [0.29, 0.717) is 25.0 Å². The highest BCUT2D eigenvalue weighted by atomic mass is 16.5. The van der Waals surface area contributed by atoms with Crippen LogP contribution in [0.25, 0.3) is 0 Å². The van der Waals surface area contributed by atoms with Gasteiger partial charge in [0.2, 0.25) is 5.91 Å². The molecule has 1 rings (SSSR count). The summed E-state index contributed by atoms with van der Waals surface area (Å²) in [4.78, 5) is 14.0. The van der Waals surface area contributed by atoms with Crippen LogP contribution in [0.15, 0.2) is 0 Å². The van der Waals surface area contributed by atoms with Crippen molar-refractivity contribution in [2.45, 2.75) is 58.6 Å². The highest BCUT2D eigenvalue weighted by Crippen LogP contribution is 2.12. The Morgan fingerprint density at radius 1 is 1.32 bits per heavy atom. The molecule has 1 aliphatic heterocycles. The molecule has 4 heteroatoms. The summed E-state index contributed by atoms with van der Waals surface area (Å²) in [5.74, 6) is 0.853. The lowest BCUT2D eigenvalue weighted by molar-refractivity contribution is -0.134. The molecule has 1 heterocycles. The van der Waals surface area contributed by atoms with Crippen molar-refractivity contribution in [3.63, 3.8) is 0 Å². The first-order valence-electron chi connectivity index (χ1n) is 7.58. The fourth-order valence-electron chi connectivity index (χ4n) is 2.65. The number of amides is 1. The van der Waals surface area contributed by atoms with E-state index in [9.17, 15) is 4.79 Å². The summed E-state index contributed by atoms with van der Waals surface area (Å²) in [6.45, 7) is 9.04. The lowest BCUT2D eigenvalue weighted by Crippen LogP contribution is -2.44. The Balaban J connectivity index is 2.19. The van der Waals surface area contributed by atoms with Gasteiger partial charge >= 0.3 is 0 Å². The highest BCUT2D eigenvalue weighted by molar-refractivity contribution is 5.76. The number of nitrogens with zero attached hydrogens (tertiary/aromatic N) is 1. The normalized spacial score (nSPS) is 18.6. The first kappa shape index (κ1) is 16.4. The molecule has 0 aromatic carbocycles. The van der Waals surface area contributed by atoms with Crippen LogP contribution in [-0.4, -0.2) is 49.7 Å². The van der Waals surface area contributed by atoms with Gasteiger partial charge in [0, 0.05) is 13.1 Å². The zero-order chi connectivity index (χ0) is 14.3. The molecule has 4 nitrogen and oxygen atoms in total. The predicted molar refractivity (Wildman–Crippen MR) is 78.1 cm³/mol. The second kappa shape index (κ2) is 8.54. The standard InChI is InChI=1S/C15H30N2O2/c1-12(2)11-13(3)19-10-7-15(18)17(4)14-5-8-16-9-6-14/h12-14,16H,5-11H2,1-4H3. The number of piperidine rings is 1. The van der Waals surface area contributed by atoms with Crippen LogP contribution in [0.1, 0.15) is 46.5 Å². The first-order chi connectivity index (χ1) is 9.00. The molecule has 1 aliphatic rings. The van der Waals surface area contributed by atoms with Crippen LogP contribution in [-0.2, 0) is 9.53 Å². The number of carbonyl (C=O) groups is 1. The Kier molecular flexibility index (Phi) is 7.39. The summed E-state index contributed by atoms with van der Waals surface area (Å²) < 4.78 is 5.70. The molecular weight excluding hydrogens is 240 g/mol. The van der Waals surface area contributed by atoms with Gasteiger partial charge in [-0.25, -0.2) is 0 Å². The number of nitrogens with one attached hydrogen (secondary N) is 1. The minimum Gasteiger partial charge on any atom is -0.378 e. The molecule has 0 aliphatic carbocycles. The van der Waals surface area contributed by atoms with Gasteiger partial charge in [0.05, 0.1) is 19.1 Å².